The maximum atomic E-state index is 12.2. The Morgan fingerprint density at radius 1 is 1.50 bits per heavy atom. The second kappa shape index (κ2) is 5.77. The van der Waals surface area contributed by atoms with Crippen LogP contribution in [0.1, 0.15) is 19.3 Å². The van der Waals surface area contributed by atoms with E-state index in [0.29, 0.717) is 5.25 Å². The lowest BCUT2D eigenvalue weighted by Crippen LogP contribution is -2.33. The molecule has 2 unspecified atom stereocenters. The van der Waals surface area contributed by atoms with Crippen LogP contribution in [0.4, 0.5) is 0 Å². The highest BCUT2D eigenvalue weighted by Gasteiger charge is 2.29. The molecule has 0 amide bonds. The number of nitrogens with one attached hydrogen (secondary N) is 1. The zero-order valence-corrected chi connectivity index (χ0v) is 12.4. The summed E-state index contributed by atoms with van der Waals surface area (Å²) in [5.41, 5.74) is 0. The number of halogens is 1. The van der Waals surface area contributed by atoms with E-state index < -0.39 is 10.0 Å². The van der Waals surface area contributed by atoms with E-state index in [-0.39, 0.29) is 16.0 Å². The van der Waals surface area contributed by atoms with E-state index in [2.05, 4.69) is 16.0 Å². The van der Waals surface area contributed by atoms with Crippen molar-refractivity contribution in [2.24, 2.45) is 0 Å². The molecule has 2 atom stereocenters. The van der Waals surface area contributed by atoms with Crippen LogP contribution in [-0.2, 0) is 10.0 Å². The summed E-state index contributed by atoms with van der Waals surface area (Å²) in [5, 5.41) is 0.749. The molecule has 1 aromatic rings. The van der Waals surface area contributed by atoms with E-state index >= 15 is 0 Å². The van der Waals surface area contributed by atoms with Crippen LogP contribution >= 0.6 is 23.4 Å². The van der Waals surface area contributed by atoms with Crippen LogP contribution in [0.5, 0.6) is 0 Å². The number of hydrogen-bond acceptors (Lipinski definition) is 4. The normalized spacial score (nSPS) is 24.3. The molecule has 0 saturated heterocycles. The minimum atomic E-state index is -3.56. The molecule has 0 bridgehead atoms. The van der Waals surface area contributed by atoms with Crippen molar-refractivity contribution in [3.05, 3.63) is 23.5 Å². The molecule has 0 aromatic carbocycles. The van der Waals surface area contributed by atoms with Crippen LogP contribution in [0.3, 0.4) is 0 Å². The van der Waals surface area contributed by atoms with Gasteiger partial charge in [-0.05, 0) is 31.6 Å². The molecule has 1 heterocycles. The Balaban J connectivity index is 2.11. The van der Waals surface area contributed by atoms with Crippen molar-refractivity contribution in [1.29, 1.82) is 0 Å². The van der Waals surface area contributed by atoms with Gasteiger partial charge < -0.3 is 0 Å². The third-order valence-corrected chi connectivity index (χ3v) is 6.15. The Morgan fingerprint density at radius 2 is 2.28 bits per heavy atom. The van der Waals surface area contributed by atoms with Crippen molar-refractivity contribution in [2.75, 3.05) is 6.26 Å². The van der Waals surface area contributed by atoms with Crippen molar-refractivity contribution in [1.82, 2.24) is 9.71 Å². The summed E-state index contributed by atoms with van der Waals surface area (Å²) in [7, 11) is -3.56. The molecule has 1 aromatic heterocycles. The summed E-state index contributed by atoms with van der Waals surface area (Å²) in [6.45, 7) is 0. The molecular weight excluding hydrogens is 292 g/mol. The molecule has 0 radical (unpaired) electrons. The predicted molar refractivity (Wildman–Crippen MR) is 74.5 cm³/mol. The third kappa shape index (κ3) is 3.17. The van der Waals surface area contributed by atoms with Crippen molar-refractivity contribution in [3.63, 3.8) is 0 Å². The minimum absolute atomic E-state index is 0.00345. The van der Waals surface area contributed by atoms with Gasteiger partial charge in [-0.15, -0.1) is 0 Å². The molecule has 1 fully saturated rings. The summed E-state index contributed by atoms with van der Waals surface area (Å²) in [4.78, 5) is 3.86. The Morgan fingerprint density at radius 3 is 2.89 bits per heavy atom. The number of nitrogens with zero attached hydrogens (tertiary/aromatic N) is 1. The molecule has 7 heteroatoms. The van der Waals surface area contributed by atoms with Gasteiger partial charge in [0, 0.05) is 23.7 Å². The van der Waals surface area contributed by atoms with E-state index in [9.17, 15) is 8.42 Å². The molecule has 2 rings (SSSR count). The first-order valence-electron chi connectivity index (χ1n) is 5.67. The van der Waals surface area contributed by atoms with Crippen molar-refractivity contribution < 1.29 is 8.42 Å². The van der Waals surface area contributed by atoms with Gasteiger partial charge in [-0.2, -0.15) is 11.8 Å². The summed E-state index contributed by atoms with van der Waals surface area (Å²) in [6, 6.07) is 1.49. The van der Waals surface area contributed by atoms with Gasteiger partial charge in [0.25, 0.3) is 0 Å². The maximum Gasteiger partial charge on any atom is 0.243 e. The summed E-state index contributed by atoms with van der Waals surface area (Å²) in [5.74, 6) is 0. The molecule has 1 aliphatic rings. The van der Waals surface area contributed by atoms with Gasteiger partial charge in [0.05, 0.1) is 5.02 Å². The lowest BCUT2D eigenvalue weighted by molar-refractivity contribution is 0.552. The van der Waals surface area contributed by atoms with Crippen molar-refractivity contribution in [3.8, 4) is 0 Å². The van der Waals surface area contributed by atoms with Crippen LogP contribution in [0.2, 0.25) is 5.02 Å². The van der Waals surface area contributed by atoms with Gasteiger partial charge in [0.2, 0.25) is 10.0 Å². The highest BCUT2D eigenvalue weighted by atomic mass is 35.5. The summed E-state index contributed by atoms with van der Waals surface area (Å²) in [6.07, 6.45) is 7.61. The van der Waals surface area contributed by atoms with Gasteiger partial charge in [0.1, 0.15) is 4.90 Å². The number of sulfonamides is 1. The average molecular weight is 307 g/mol. The first-order chi connectivity index (χ1) is 8.53. The molecule has 0 spiro atoms. The van der Waals surface area contributed by atoms with E-state index in [4.69, 9.17) is 11.6 Å². The topological polar surface area (TPSA) is 59.1 Å². The molecule has 1 saturated carbocycles. The number of aromatic nitrogens is 1. The largest absolute Gasteiger partial charge is 0.263 e. The summed E-state index contributed by atoms with van der Waals surface area (Å²) < 4.78 is 27.0. The Kier molecular flexibility index (Phi) is 4.53. The fourth-order valence-corrected chi connectivity index (χ4v) is 4.62. The van der Waals surface area contributed by atoms with Crippen LogP contribution in [0.15, 0.2) is 23.4 Å². The van der Waals surface area contributed by atoms with Crippen LogP contribution < -0.4 is 4.72 Å². The molecular formula is C11H15ClN2O2S2. The van der Waals surface area contributed by atoms with Crippen LogP contribution in [0, 0.1) is 0 Å². The molecule has 1 N–H and O–H groups in total. The van der Waals surface area contributed by atoms with Gasteiger partial charge in [-0.1, -0.05) is 11.6 Å². The molecule has 1 aliphatic carbocycles. The second-order valence-corrected chi connectivity index (χ2v) is 7.52. The SMILES string of the molecule is CSC1CCC(NS(=O)(=O)c2cnccc2Cl)C1. The Hall–Kier alpha value is -0.300. The molecule has 100 valence electrons. The zero-order chi connectivity index (χ0) is 13.2. The second-order valence-electron chi connectivity index (χ2n) is 4.30. The monoisotopic (exact) mass is 306 g/mol. The van der Waals surface area contributed by atoms with Gasteiger partial charge in [-0.25, -0.2) is 13.1 Å². The first kappa shape index (κ1) is 14.1. The number of hydrogen-bond donors (Lipinski definition) is 1. The first-order valence-corrected chi connectivity index (χ1v) is 8.82. The quantitative estimate of drug-likeness (QED) is 0.927. The van der Waals surface area contributed by atoms with Gasteiger partial charge >= 0.3 is 0 Å². The molecule has 0 aliphatic heterocycles. The highest BCUT2D eigenvalue weighted by molar-refractivity contribution is 7.99. The maximum absolute atomic E-state index is 12.2. The standard InChI is InChI=1S/C11H15ClN2O2S2/c1-17-9-3-2-8(6-9)14-18(15,16)11-7-13-5-4-10(11)12/h4-5,7-9,14H,2-3,6H2,1H3. The van der Waals surface area contributed by atoms with Gasteiger partial charge in [-0.3, -0.25) is 4.98 Å². The van der Waals surface area contributed by atoms with E-state index in [1.807, 2.05) is 0 Å². The average Bonchev–Trinajstić information content (AvgIpc) is 2.76. The van der Waals surface area contributed by atoms with Gasteiger partial charge in [0.15, 0.2) is 0 Å². The zero-order valence-electron chi connectivity index (χ0n) is 9.97. The molecule has 4 nitrogen and oxygen atoms in total. The number of rotatable bonds is 4. The fourth-order valence-electron chi connectivity index (χ4n) is 2.10. The Labute approximate surface area is 117 Å². The third-order valence-electron chi connectivity index (χ3n) is 3.06. The number of thioether (sulfide) groups is 1. The van der Waals surface area contributed by atoms with Crippen LogP contribution in [0.25, 0.3) is 0 Å². The lowest BCUT2D eigenvalue weighted by atomic mass is 10.3. The smallest absolute Gasteiger partial charge is 0.243 e. The van der Waals surface area contributed by atoms with E-state index in [1.54, 1.807) is 11.8 Å². The number of pyridine rings is 1. The Bertz CT molecular complexity index is 522. The van der Waals surface area contributed by atoms with Crippen molar-refractivity contribution in [2.45, 2.75) is 35.4 Å². The minimum Gasteiger partial charge on any atom is -0.263 e. The van der Waals surface area contributed by atoms with Crippen molar-refractivity contribution >= 4 is 33.4 Å². The molecule has 18 heavy (non-hydrogen) atoms. The van der Waals surface area contributed by atoms with Crippen LogP contribution in [-0.4, -0.2) is 30.9 Å². The van der Waals surface area contributed by atoms with E-state index in [1.165, 1.54) is 18.5 Å². The lowest BCUT2D eigenvalue weighted by Gasteiger charge is -2.13. The highest BCUT2D eigenvalue weighted by Crippen LogP contribution is 2.29. The van der Waals surface area contributed by atoms with E-state index in [0.717, 1.165) is 19.3 Å². The predicted octanol–water partition coefficient (Wildman–Crippen LogP) is 2.30. The summed E-state index contributed by atoms with van der Waals surface area (Å²) >= 11 is 7.67. The fraction of sp³-hybridized carbons (Fsp3) is 0.545.